The zero-order chi connectivity index (χ0) is 26.5. The molecule has 6 nitrogen and oxygen atoms in total. The number of rotatable bonds is 6. The molecule has 3 heterocycles. The number of carbonyl (C=O) groups is 1. The first-order valence-electron chi connectivity index (χ1n) is 12.2. The molecule has 1 N–H and O–H groups in total. The van der Waals surface area contributed by atoms with Gasteiger partial charge in [0.15, 0.2) is 0 Å². The Morgan fingerprint density at radius 1 is 1.28 bits per heavy atom. The summed E-state index contributed by atoms with van der Waals surface area (Å²) in [7, 11) is 3.48. The molecule has 2 aliphatic rings. The molecular weight excluding hydrogens is 446 g/mol. The van der Waals surface area contributed by atoms with E-state index in [0.29, 0.717) is 19.0 Å². The maximum atomic E-state index is 13.8. The van der Waals surface area contributed by atoms with Crippen LogP contribution in [-0.2, 0) is 4.79 Å². The van der Waals surface area contributed by atoms with Crippen molar-refractivity contribution in [1.82, 2.24) is 15.2 Å². The smallest absolute Gasteiger partial charge is 0.239 e. The summed E-state index contributed by atoms with van der Waals surface area (Å²) in [6.45, 7) is 15.1. The molecule has 1 aromatic rings. The standard InChI is InChI=1S/C30H37N5O/c1-9-14-24(10-2)19-25(11-3)22(4)16-17-23(5)30-21-35(26-15-12-13-18-32-26)20-29(30,6)27(36)34(8)28(31-7)33-30/h10-13,15-19H,3,20-21H2,1-2,4-8H3,(H,31,33)/b22-16+,23-17+,24-10-,25-19+/t29-,30+/m0/s1. The number of amides is 1. The predicted molar refractivity (Wildman–Crippen MR) is 150 cm³/mol. The average molecular weight is 484 g/mol. The lowest BCUT2D eigenvalue weighted by atomic mass is 9.67. The number of aromatic nitrogens is 1. The molecule has 3 rings (SSSR count). The van der Waals surface area contributed by atoms with Crippen molar-refractivity contribution in [2.24, 2.45) is 10.4 Å². The summed E-state index contributed by atoms with van der Waals surface area (Å²) >= 11 is 0. The molecule has 0 saturated carbocycles. The third-order valence-corrected chi connectivity index (χ3v) is 7.30. The molecule has 6 heteroatoms. The number of allylic oxidation sites excluding steroid dienone is 8. The van der Waals surface area contributed by atoms with Crippen molar-refractivity contribution in [3.05, 3.63) is 83.6 Å². The minimum Gasteiger partial charge on any atom is -0.353 e. The molecule has 2 fully saturated rings. The molecule has 1 aromatic heterocycles. The summed E-state index contributed by atoms with van der Waals surface area (Å²) in [5.41, 5.74) is 2.68. The third-order valence-electron chi connectivity index (χ3n) is 7.30. The van der Waals surface area contributed by atoms with E-state index in [1.54, 1.807) is 25.2 Å². The van der Waals surface area contributed by atoms with Gasteiger partial charge in [0.2, 0.25) is 11.9 Å². The van der Waals surface area contributed by atoms with Crippen LogP contribution in [0.5, 0.6) is 0 Å². The Labute approximate surface area is 215 Å². The minimum atomic E-state index is -0.721. The molecule has 0 radical (unpaired) electrons. The third kappa shape index (κ3) is 4.66. The summed E-state index contributed by atoms with van der Waals surface area (Å²) in [6, 6.07) is 5.86. The van der Waals surface area contributed by atoms with Crippen LogP contribution >= 0.6 is 0 Å². The van der Waals surface area contributed by atoms with Gasteiger partial charge in [-0.1, -0.05) is 42.9 Å². The van der Waals surface area contributed by atoms with Gasteiger partial charge in [0.05, 0.1) is 11.0 Å². The summed E-state index contributed by atoms with van der Waals surface area (Å²) in [5.74, 6) is 7.52. The van der Waals surface area contributed by atoms with Gasteiger partial charge in [0.1, 0.15) is 5.82 Å². The van der Waals surface area contributed by atoms with Crippen LogP contribution in [-0.4, -0.2) is 54.5 Å². The fraction of sp³-hybridized carbons (Fsp3) is 0.367. The molecule has 36 heavy (non-hydrogen) atoms. The van der Waals surface area contributed by atoms with Crippen LogP contribution in [0.3, 0.4) is 0 Å². The van der Waals surface area contributed by atoms with Crippen LogP contribution < -0.4 is 10.2 Å². The number of pyridine rings is 1. The monoisotopic (exact) mass is 483 g/mol. The van der Waals surface area contributed by atoms with Crippen LogP contribution in [0.15, 0.2) is 88.6 Å². The highest BCUT2D eigenvalue weighted by atomic mass is 16.2. The van der Waals surface area contributed by atoms with Crippen molar-refractivity contribution >= 4 is 17.7 Å². The van der Waals surface area contributed by atoms with Crippen LogP contribution in [0.25, 0.3) is 0 Å². The summed E-state index contributed by atoms with van der Waals surface area (Å²) < 4.78 is 0. The first-order valence-corrected chi connectivity index (χ1v) is 12.2. The molecule has 0 aliphatic carbocycles. The fourth-order valence-corrected chi connectivity index (χ4v) is 5.09. The highest BCUT2D eigenvalue weighted by molar-refractivity contribution is 6.05. The maximum Gasteiger partial charge on any atom is 0.239 e. The van der Waals surface area contributed by atoms with Gasteiger partial charge in [-0.2, -0.15) is 0 Å². The molecule has 1 amide bonds. The van der Waals surface area contributed by atoms with E-state index < -0.39 is 11.0 Å². The fourth-order valence-electron chi connectivity index (χ4n) is 5.09. The molecule has 0 spiro atoms. The average Bonchev–Trinajstić information content (AvgIpc) is 3.22. The lowest BCUT2D eigenvalue weighted by Gasteiger charge is -2.50. The summed E-state index contributed by atoms with van der Waals surface area (Å²) in [4.78, 5) is 26.5. The molecule has 2 atom stereocenters. The van der Waals surface area contributed by atoms with Crippen molar-refractivity contribution in [3.63, 3.8) is 0 Å². The van der Waals surface area contributed by atoms with Gasteiger partial charge in [-0.15, -0.1) is 5.92 Å². The van der Waals surface area contributed by atoms with E-state index in [4.69, 9.17) is 0 Å². The molecule has 2 saturated heterocycles. The van der Waals surface area contributed by atoms with Crippen molar-refractivity contribution in [2.45, 2.75) is 40.2 Å². The topological polar surface area (TPSA) is 60.8 Å². The number of anilines is 1. The van der Waals surface area contributed by atoms with Crippen LogP contribution in [0.1, 0.15) is 34.6 Å². The Kier molecular flexibility index (Phi) is 8.04. The number of fused-ring (bicyclic) bond motifs is 1. The molecule has 0 aromatic carbocycles. The summed E-state index contributed by atoms with van der Waals surface area (Å²) in [5, 5.41) is 3.65. The highest BCUT2D eigenvalue weighted by Crippen LogP contribution is 2.48. The van der Waals surface area contributed by atoms with E-state index in [2.05, 4.69) is 64.6 Å². The normalized spacial score (nSPS) is 26.4. The number of nitrogens with one attached hydrogen (secondary N) is 1. The Morgan fingerprint density at radius 2 is 2.03 bits per heavy atom. The van der Waals surface area contributed by atoms with Gasteiger partial charge in [0, 0.05) is 39.0 Å². The Balaban J connectivity index is 2.10. The second-order valence-corrected chi connectivity index (χ2v) is 9.44. The molecule has 0 unspecified atom stereocenters. The van der Waals surface area contributed by atoms with E-state index in [9.17, 15) is 4.79 Å². The van der Waals surface area contributed by atoms with E-state index in [1.165, 1.54) is 0 Å². The number of aliphatic imine (C=N–C) groups is 1. The van der Waals surface area contributed by atoms with Crippen LogP contribution in [0.2, 0.25) is 0 Å². The number of carbonyl (C=O) groups excluding carboxylic acids is 1. The lowest BCUT2D eigenvalue weighted by Crippen LogP contribution is -2.72. The quantitative estimate of drug-likeness (QED) is 0.472. The van der Waals surface area contributed by atoms with Crippen molar-refractivity contribution in [1.29, 1.82) is 0 Å². The van der Waals surface area contributed by atoms with E-state index in [0.717, 1.165) is 28.1 Å². The minimum absolute atomic E-state index is 0.0382. The van der Waals surface area contributed by atoms with Gasteiger partial charge >= 0.3 is 0 Å². The maximum absolute atomic E-state index is 13.8. The Morgan fingerprint density at radius 3 is 2.61 bits per heavy atom. The van der Waals surface area contributed by atoms with Crippen LogP contribution in [0.4, 0.5) is 5.82 Å². The van der Waals surface area contributed by atoms with Crippen molar-refractivity contribution in [2.75, 3.05) is 32.1 Å². The lowest BCUT2D eigenvalue weighted by molar-refractivity contribution is -0.139. The first kappa shape index (κ1) is 26.7. The zero-order valence-corrected chi connectivity index (χ0v) is 22.5. The molecule has 0 bridgehead atoms. The number of hydrogen-bond acceptors (Lipinski definition) is 4. The molecule has 2 aliphatic heterocycles. The first-order chi connectivity index (χ1) is 17.2. The number of hydrogen-bond donors (Lipinski definition) is 1. The van der Waals surface area contributed by atoms with Gasteiger partial charge in [-0.25, -0.2) is 4.98 Å². The number of guanidine groups is 1. The zero-order valence-electron chi connectivity index (χ0n) is 22.5. The van der Waals surface area contributed by atoms with Gasteiger partial charge < -0.3 is 10.2 Å². The van der Waals surface area contributed by atoms with Crippen LogP contribution in [0, 0.1) is 17.3 Å². The summed E-state index contributed by atoms with van der Waals surface area (Å²) in [6.07, 6.45) is 11.8. The van der Waals surface area contributed by atoms with E-state index >= 15 is 0 Å². The van der Waals surface area contributed by atoms with Gasteiger partial charge in [0.25, 0.3) is 0 Å². The molecular formula is C30H37N5O. The second kappa shape index (κ2) is 10.8. The largest absolute Gasteiger partial charge is 0.353 e. The highest BCUT2D eigenvalue weighted by Gasteiger charge is 2.64. The van der Waals surface area contributed by atoms with Gasteiger partial charge in [-0.3, -0.25) is 14.7 Å². The number of nitrogens with zero attached hydrogens (tertiary/aromatic N) is 4. The second-order valence-electron chi connectivity index (χ2n) is 9.44. The van der Waals surface area contributed by atoms with Crippen molar-refractivity contribution in [3.8, 4) is 11.8 Å². The SMILES string of the molecule is C=CC(=C\C(C#CC)=C/C)/C(C)=C/C=C(\C)[C@]12CN(c3ccccn3)C[C@@]1(C)C(=O)N(C)C(=NC)N2. The van der Waals surface area contributed by atoms with Gasteiger partial charge in [-0.05, 0) is 69.5 Å². The van der Waals surface area contributed by atoms with E-state index in [-0.39, 0.29) is 5.91 Å². The molecule has 188 valence electrons. The Hall–Kier alpha value is -3.85. The van der Waals surface area contributed by atoms with Crippen molar-refractivity contribution < 1.29 is 4.79 Å². The predicted octanol–water partition coefficient (Wildman–Crippen LogP) is 4.67. The Bertz CT molecular complexity index is 1240. The van der Waals surface area contributed by atoms with E-state index in [1.807, 2.05) is 57.2 Å².